The Morgan fingerprint density at radius 2 is 2.00 bits per heavy atom. The van der Waals surface area contributed by atoms with Crippen LogP contribution in [-0.4, -0.2) is 28.8 Å². The van der Waals surface area contributed by atoms with Gasteiger partial charge in [0.25, 0.3) is 0 Å². The van der Waals surface area contributed by atoms with Crippen molar-refractivity contribution in [1.82, 2.24) is 10.2 Å². The quantitative estimate of drug-likeness (QED) is 0.683. The number of unbranched alkanes of at least 4 members (excludes halogenated alkanes) is 3. The first-order valence-corrected chi connectivity index (χ1v) is 7.04. The van der Waals surface area contributed by atoms with E-state index in [1.807, 2.05) is 17.8 Å². The number of anilines is 2. The van der Waals surface area contributed by atoms with Crippen molar-refractivity contribution in [2.45, 2.75) is 25.7 Å². The van der Waals surface area contributed by atoms with Crippen LogP contribution < -0.4 is 11.1 Å². The molecule has 0 aliphatic heterocycles. The first-order chi connectivity index (χ1) is 7.83. The van der Waals surface area contributed by atoms with Crippen LogP contribution in [0.4, 0.5) is 11.6 Å². The van der Waals surface area contributed by atoms with E-state index >= 15 is 0 Å². The fourth-order valence-electron chi connectivity index (χ4n) is 1.38. The second-order valence-corrected chi connectivity index (χ2v) is 4.66. The van der Waals surface area contributed by atoms with E-state index in [1.54, 1.807) is 6.07 Å². The molecule has 1 aromatic rings. The molecule has 1 heterocycles. The number of nitrogens with one attached hydrogen (secondary N) is 1. The molecule has 0 aliphatic carbocycles. The largest absolute Gasteiger partial charge is 0.382 e. The summed E-state index contributed by atoms with van der Waals surface area (Å²) in [6.45, 7) is 0.956. The molecule has 0 saturated heterocycles. The summed E-state index contributed by atoms with van der Waals surface area (Å²) < 4.78 is 0. The lowest BCUT2D eigenvalue weighted by Crippen LogP contribution is -2.04. The smallest absolute Gasteiger partial charge is 0.148 e. The molecule has 0 aliphatic rings. The van der Waals surface area contributed by atoms with E-state index in [2.05, 4.69) is 21.8 Å². The molecule has 0 aromatic carbocycles. The summed E-state index contributed by atoms with van der Waals surface area (Å²) in [5, 5.41) is 10.9. The Morgan fingerprint density at radius 1 is 1.19 bits per heavy atom. The Bertz CT molecular complexity index is 276. The van der Waals surface area contributed by atoms with Crippen LogP contribution in [0.1, 0.15) is 25.7 Å². The first-order valence-electron chi connectivity index (χ1n) is 5.65. The van der Waals surface area contributed by atoms with Gasteiger partial charge in [0.1, 0.15) is 11.6 Å². The lowest BCUT2D eigenvalue weighted by atomic mass is 10.2. The molecule has 0 amide bonds. The number of nitrogens with two attached hydrogens (primary N) is 1. The van der Waals surface area contributed by atoms with Crippen molar-refractivity contribution in [2.75, 3.05) is 29.6 Å². The van der Waals surface area contributed by atoms with Crippen molar-refractivity contribution in [3.05, 3.63) is 12.1 Å². The molecule has 0 spiro atoms. The number of rotatable bonds is 8. The Kier molecular flexibility index (Phi) is 6.72. The minimum Gasteiger partial charge on any atom is -0.382 e. The van der Waals surface area contributed by atoms with Crippen LogP contribution in [0.5, 0.6) is 0 Å². The summed E-state index contributed by atoms with van der Waals surface area (Å²) in [5.74, 6) is 2.54. The van der Waals surface area contributed by atoms with Gasteiger partial charge in [0.2, 0.25) is 0 Å². The topological polar surface area (TPSA) is 63.8 Å². The number of thioether (sulfide) groups is 1. The van der Waals surface area contributed by atoms with Gasteiger partial charge in [0.05, 0.1) is 0 Å². The van der Waals surface area contributed by atoms with Gasteiger partial charge in [-0.15, -0.1) is 10.2 Å². The average Bonchev–Trinajstić information content (AvgIpc) is 2.30. The van der Waals surface area contributed by atoms with E-state index in [1.165, 1.54) is 31.4 Å². The lowest BCUT2D eigenvalue weighted by molar-refractivity contribution is 0.688. The molecule has 4 nitrogen and oxygen atoms in total. The molecule has 5 heteroatoms. The third-order valence-corrected chi connectivity index (χ3v) is 2.96. The van der Waals surface area contributed by atoms with Crippen LogP contribution in [0.25, 0.3) is 0 Å². The lowest BCUT2D eigenvalue weighted by Gasteiger charge is -2.04. The van der Waals surface area contributed by atoms with Crippen molar-refractivity contribution in [3.8, 4) is 0 Å². The van der Waals surface area contributed by atoms with Crippen LogP contribution in [-0.2, 0) is 0 Å². The third kappa shape index (κ3) is 5.80. The van der Waals surface area contributed by atoms with Crippen molar-refractivity contribution < 1.29 is 0 Å². The molecule has 0 saturated carbocycles. The van der Waals surface area contributed by atoms with E-state index in [4.69, 9.17) is 5.73 Å². The van der Waals surface area contributed by atoms with Gasteiger partial charge < -0.3 is 11.1 Å². The number of nitrogens with zero attached hydrogens (tertiary/aromatic N) is 2. The molecular formula is C11H20N4S. The molecular weight excluding hydrogens is 220 g/mol. The van der Waals surface area contributed by atoms with E-state index in [0.717, 1.165) is 12.4 Å². The zero-order valence-electron chi connectivity index (χ0n) is 9.78. The zero-order chi connectivity index (χ0) is 11.6. The van der Waals surface area contributed by atoms with Gasteiger partial charge in [-0.25, -0.2) is 0 Å². The SMILES string of the molecule is CSCCCCCCNc1ccc(N)nn1. The summed E-state index contributed by atoms with van der Waals surface area (Å²) in [4.78, 5) is 0. The van der Waals surface area contributed by atoms with Gasteiger partial charge in [0, 0.05) is 6.54 Å². The molecule has 90 valence electrons. The molecule has 0 bridgehead atoms. The fraction of sp³-hybridized carbons (Fsp3) is 0.636. The Hall–Kier alpha value is -0.970. The van der Waals surface area contributed by atoms with Crippen LogP contribution in [0.2, 0.25) is 0 Å². The number of hydrogen-bond acceptors (Lipinski definition) is 5. The van der Waals surface area contributed by atoms with Crippen molar-refractivity contribution in [3.63, 3.8) is 0 Å². The highest BCUT2D eigenvalue weighted by molar-refractivity contribution is 7.98. The maximum Gasteiger partial charge on any atom is 0.148 e. The van der Waals surface area contributed by atoms with Crippen LogP contribution in [0, 0.1) is 0 Å². The molecule has 1 rings (SSSR count). The molecule has 1 aromatic heterocycles. The van der Waals surface area contributed by atoms with Gasteiger partial charge in [-0.1, -0.05) is 12.8 Å². The summed E-state index contributed by atoms with van der Waals surface area (Å²) >= 11 is 1.92. The summed E-state index contributed by atoms with van der Waals surface area (Å²) in [6, 6.07) is 3.61. The second-order valence-electron chi connectivity index (χ2n) is 3.68. The summed E-state index contributed by atoms with van der Waals surface area (Å²) in [7, 11) is 0. The van der Waals surface area contributed by atoms with Gasteiger partial charge >= 0.3 is 0 Å². The van der Waals surface area contributed by atoms with Crippen molar-refractivity contribution in [1.29, 1.82) is 0 Å². The predicted molar refractivity (Wildman–Crippen MR) is 71.8 cm³/mol. The minimum atomic E-state index is 0.461. The number of aromatic nitrogens is 2. The molecule has 0 radical (unpaired) electrons. The number of hydrogen-bond donors (Lipinski definition) is 2. The van der Waals surface area contributed by atoms with Crippen LogP contribution in [0.3, 0.4) is 0 Å². The number of nitrogen functional groups attached to an aromatic ring is 1. The highest BCUT2D eigenvalue weighted by Crippen LogP contribution is 2.06. The summed E-state index contributed by atoms with van der Waals surface area (Å²) in [5.41, 5.74) is 5.45. The van der Waals surface area contributed by atoms with Gasteiger partial charge in [-0.05, 0) is 37.0 Å². The molecule has 3 N–H and O–H groups in total. The van der Waals surface area contributed by atoms with Crippen LogP contribution >= 0.6 is 11.8 Å². The van der Waals surface area contributed by atoms with E-state index < -0.39 is 0 Å². The Labute approximate surface area is 101 Å². The van der Waals surface area contributed by atoms with E-state index in [0.29, 0.717) is 5.82 Å². The van der Waals surface area contributed by atoms with E-state index in [-0.39, 0.29) is 0 Å². The summed E-state index contributed by atoms with van der Waals surface area (Å²) in [6.07, 6.45) is 7.25. The normalized spacial score (nSPS) is 10.3. The van der Waals surface area contributed by atoms with Gasteiger partial charge in [-0.2, -0.15) is 11.8 Å². The zero-order valence-corrected chi connectivity index (χ0v) is 10.6. The predicted octanol–water partition coefficient (Wildman–Crippen LogP) is 2.39. The highest BCUT2D eigenvalue weighted by Gasteiger charge is 1.94. The third-order valence-electron chi connectivity index (χ3n) is 2.27. The molecule has 0 unspecified atom stereocenters. The molecule has 0 atom stereocenters. The van der Waals surface area contributed by atoms with E-state index in [9.17, 15) is 0 Å². The maximum atomic E-state index is 5.45. The highest BCUT2D eigenvalue weighted by atomic mass is 32.2. The van der Waals surface area contributed by atoms with Gasteiger partial charge in [-0.3, -0.25) is 0 Å². The molecule has 0 fully saturated rings. The Morgan fingerprint density at radius 3 is 2.69 bits per heavy atom. The van der Waals surface area contributed by atoms with Crippen molar-refractivity contribution in [2.24, 2.45) is 0 Å². The maximum absolute atomic E-state index is 5.45. The second kappa shape index (κ2) is 8.21. The standard InChI is InChI=1S/C11H20N4S/c1-16-9-5-3-2-4-8-13-11-7-6-10(12)14-15-11/h6-7H,2-5,8-9H2,1H3,(H2,12,14)(H,13,15). The minimum absolute atomic E-state index is 0.461. The van der Waals surface area contributed by atoms with Gasteiger partial charge in [0.15, 0.2) is 0 Å². The fourth-order valence-corrected chi connectivity index (χ4v) is 1.87. The van der Waals surface area contributed by atoms with Crippen LogP contribution in [0.15, 0.2) is 12.1 Å². The monoisotopic (exact) mass is 240 g/mol. The first kappa shape index (κ1) is 13.1. The average molecular weight is 240 g/mol. The molecule has 16 heavy (non-hydrogen) atoms. The van der Waals surface area contributed by atoms with Crippen molar-refractivity contribution >= 4 is 23.4 Å². The Balaban J connectivity index is 2.01.